The molecule has 4 rings (SSSR count). The molecule has 3 heterocycles. The van der Waals surface area contributed by atoms with Crippen LogP contribution in [-0.4, -0.2) is 46.7 Å². The molecule has 1 aromatic carbocycles. The van der Waals surface area contributed by atoms with Gasteiger partial charge in [-0.15, -0.1) is 4.98 Å². The lowest BCUT2D eigenvalue weighted by molar-refractivity contribution is 0.136. The van der Waals surface area contributed by atoms with E-state index in [0.29, 0.717) is 11.9 Å². The first-order chi connectivity index (χ1) is 16.0. The Balaban J connectivity index is 1.69. The molecule has 0 unspecified atom stereocenters. The van der Waals surface area contributed by atoms with Crippen LogP contribution in [0.1, 0.15) is 32.3 Å². The van der Waals surface area contributed by atoms with Crippen molar-refractivity contribution >= 4 is 22.5 Å². The largest absolute Gasteiger partial charge is 0.497 e. The van der Waals surface area contributed by atoms with E-state index in [0.717, 1.165) is 54.9 Å². The minimum Gasteiger partial charge on any atom is -0.497 e. The number of pyridine rings is 2. The topological polar surface area (TPSA) is 55.0 Å². The number of anilines is 1. The van der Waals surface area contributed by atoms with E-state index >= 15 is 0 Å². The summed E-state index contributed by atoms with van der Waals surface area (Å²) in [5.74, 6) is 1.21. The van der Waals surface area contributed by atoms with Crippen molar-refractivity contribution in [3.63, 3.8) is 0 Å². The Kier molecular flexibility index (Phi) is 6.66. The van der Waals surface area contributed by atoms with Gasteiger partial charge in [-0.05, 0) is 42.7 Å². The maximum atomic E-state index is 12.8. The van der Waals surface area contributed by atoms with E-state index in [2.05, 4.69) is 45.6 Å². The van der Waals surface area contributed by atoms with Crippen LogP contribution >= 0.6 is 0 Å². The molecule has 0 amide bonds. The molecule has 1 saturated heterocycles. The Labute approximate surface area is 195 Å². The lowest BCUT2D eigenvalue weighted by Gasteiger charge is -2.47. The molecule has 172 valence electrons. The molecule has 0 radical (unpaired) electrons. The summed E-state index contributed by atoms with van der Waals surface area (Å²) in [6.07, 6.45) is 1.96. The Morgan fingerprint density at radius 1 is 1.09 bits per heavy atom. The maximum absolute atomic E-state index is 12.8. The van der Waals surface area contributed by atoms with Gasteiger partial charge in [0.25, 0.3) is 11.4 Å². The van der Waals surface area contributed by atoms with E-state index in [9.17, 15) is 4.79 Å². The normalized spacial score (nSPS) is 18.9. The van der Waals surface area contributed by atoms with E-state index in [1.54, 1.807) is 30.9 Å². The Hall–Kier alpha value is -3.37. The molecule has 0 spiro atoms. The first-order valence-corrected chi connectivity index (χ1v) is 11.5. The first-order valence-electron chi connectivity index (χ1n) is 11.5. The van der Waals surface area contributed by atoms with E-state index < -0.39 is 0 Å². The number of hydrogen-bond donors (Lipinski definition) is 0. The molecule has 0 bridgehead atoms. The van der Waals surface area contributed by atoms with Crippen LogP contribution in [0.5, 0.6) is 5.75 Å². The molecule has 7 nitrogen and oxygen atoms in total. The van der Waals surface area contributed by atoms with E-state index in [-0.39, 0.29) is 11.6 Å². The van der Waals surface area contributed by atoms with Crippen LogP contribution in [0, 0.1) is 6.57 Å². The predicted molar refractivity (Wildman–Crippen MR) is 132 cm³/mol. The van der Waals surface area contributed by atoms with Gasteiger partial charge in [-0.25, -0.2) is 0 Å². The highest BCUT2D eigenvalue weighted by Crippen LogP contribution is 2.32. The molecule has 7 heteroatoms. The first kappa shape index (κ1) is 22.8. The van der Waals surface area contributed by atoms with Crippen LogP contribution in [0.2, 0.25) is 0 Å². The smallest absolute Gasteiger partial charge is 0.270 e. The van der Waals surface area contributed by atoms with Crippen molar-refractivity contribution < 1.29 is 4.74 Å². The average Bonchev–Trinajstić information content (AvgIpc) is 2.86. The summed E-state index contributed by atoms with van der Waals surface area (Å²) in [7, 11) is 3.44. The average molecular weight is 446 g/mol. The lowest BCUT2D eigenvalue weighted by Crippen LogP contribution is -2.58. The summed E-state index contributed by atoms with van der Waals surface area (Å²) in [5, 5.41) is 0. The minimum atomic E-state index is -0.0570. The molecule has 0 aliphatic carbocycles. The van der Waals surface area contributed by atoms with Gasteiger partial charge < -0.3 is 19.0 Å². The number of hydrogen-bond acceptors (Lipinski definition) is 5. The molecule has 1 aliphatic heterocycles. The maximum Gasteiger partial charge on any atom is 0.270 e. The van der Waals surface area contributed by atoms with Crippen molar-refractivity contribution in [2.24, 2.45) is 7.05 Å². The van der Waals surface area contributed by atoms with Crippen molar-refractivity contribution in [1.82, 2.24) is 14.5 Å². The Morgan fingerprint density at radius 3 is 2.45 bits per heavy atom. The number of ether oxygens (including phenoxy) is 1. The van der Waals surface area contributed by atoms with Gasteiger partial charge in [-0.1, -0.05) is 32.6 Å². The van der Waals surface area contributed by atoms with Crippen LogP contribution in [0.15, 0.2) is 47.3 Å². The van der Waals surface area contributed by atoms with E-state index in [4.69, 9.17) is 11.3 Å². The number of piperazine rings is 1. The number of rotatable bonds is 6. The lowest BCUT2D eigenvalue weighted by atomic mass is 10.00. The standard InChI is InChI=1S/C26H31N5O2/c1-6-19-17-31(20(7-2)16-30(19)15-18-8-10-21(33-5)11-9-18)23-14-25(32)29(4)22-12-13-24(27-3)28-26(22)23/h8-14,19-20H,6-7,15-17H2,1-2,4-5H3/t19-,20+/m1/s1. The summed E-state index contributed by atoms with van der Waals surface area (Å²) in [4.78, 5) is 25.8. The summed E-state index contributed by atoms with van der Waals surface area (Å²) in [5.41, 5.74) is 3.53. The molecule has 0 N–H and O–H groups in total. The second-order valence-electron chi connectivity index (χ2n) is 8.63. The highest BCUT2D eigenvalue weighted by atomic mass is 16.5. The number of nitrogens with zero attached hydrogens (tertiary/aromatic N) is 5. The van der Waals surface area contributed by atoms with Crippen LogP contribution in [0.3, 0.4) is 0 Å². The molecule has 1 fully saturated rings. The third-order valence-electron chi connectivity index (χ3n) is 6.78. The molecular formula is C26H31N5O2. The monoisotopic (exact) mass is 445 g/mol. The van der Waals surface area contributed by atoms with Gasteiger partial charge in [0.15, 0.2) is 0 Å². The molecule has 2 atom stereocenters. The van der Waals surface area contributed by atoms with Crippen molar-refractivity contribution in [2.45, 2.75) is 45.3 Å². The van der Waals surface area contributed by atoms with Crippen LogP contribution in [-0.2, 0) is 13.6 Å². The summed E-state index contributed by atoms with van der Waals surface area (Å²) in [6, 6.07) is 14.1. The quantitative estimate of drug-likeness (QED) is 0.528. The van der Waals surface area contributed by atoms with Gasteiger partial charge in [-0.3, -0.25) is 9.69 Å². The minimum absolute atomic E-state index is 0.0570. The molecule has 3 aromatic rings. The molecular weight excluding hydrogens is 414 g/mol. The van der Waals surface area contributed by atoms with Crippen LogP contribution < -0.4 is 15.2 Å². The van der Waals surface area contributed by atoms with Gasteiger partial charge in [0.2, 0.25) is 5.52 Å². The fraction of sp³-hybridized carbons (Fsp3) is 0.423. The summed E-state index contributed by atoms with van der Waals surface area (Å²) in [6.45, 7) is 14.4. The van der Waals surface area contributed by atoms with Crippen molar-refractivity contribution in [2.75, 3.05) is 25.1 Å². The van der Waals surface area contributed by atoms with Crippen molar-refractivity contribution in [3.8, 4) is 5.75 Å². The van der Waals surface area contributed by atoms with E-state index in [1.165, 1.54) is 5.56 Å². The fourth-order valence-corrected chi connectivity index (χ4v) is 4.78. The second-order valence-corrected chi connectivity index (χ2v) is 8.63. The highest BCUT2D eigenvalue weighted by molar-refractivity contribution is 5.89. The van der Waals surface area contributed by atoms with Crippen LogP contribution in [0.4, 0.5) is 11.5 Å². The zero-order valence-electron chi connectivity index (χ0n) is 19.8. The second kappa shape index (κ2) is 9.63. The number of methoxy groups -OCH3 is 1. The van der Waals surface area contributed by atoms with Gasteiger partial charge in [0.05, 0.1) is 18.3 Å². The van der Waals surface area contributed by atoms with Crippen LogP contribution in [0.25, 0.3) is 15.9 Å². The number of aromatic nitrogens is 2. The summed E-state index contributed by atoms with van der Waals surface area (Å²) < 4.78 is 6.91. The zero-order valence-corrected chi connectivity index (χ0v) is 19.8. The number of benzene rings is 1. The van der Waals surface area contributed by atoms with Gasteiger partial charge in [-0.2, -0.15) is 0 Å². The van der Waals surface area contributed by atoms with E-state index in [1.807, 2.05) is 18.2 Å². The molecule has 2 aromatic heterocycles. The van der Waals surface area contributed by atoms with Gasteiger partial charge >= 0.3 is 0 Å². The fourth-order valence-electron chi connectivity index (χ4n) is 4.78. The molecule has 33 heavy (non-hydrogen) atoms. The molecule has 1 aliphatic rings. The Morgan fingerprint density at radius 2 is 1.82 bits per heavy atom. The highest BCUT2D eigenvalue weighted by Gasteiger charge is 2.34. The third-order valence-corrected chi connectivity index (χ3v) is 6.78. The van der Waals surface area contributed by atoms with Gasteiger partial charge in [0, 0.05) is 44.8 Å². The van der Waals surface area contributed by atoms with Gasteiger partial charge in [0.1, 0.15) is 5.75 Å². The number of fused-ring (bicyclic) bond motifs is 1. The third kappa shape index (κ3) is 4.44. The van der Waals surface area contributed by atoms with Crippen molar-refractivity contribution in [3.05, 3.63) is 69.8 Å². The zero-order chi connectivity index (χ0) is 23.5. The number of aryl methyl sites for hydroxylation is 1. The van der Waals surface area contributed by atoms with Crippen molar-refractivity contribution in [1.29, 1.82) is 0 Å². The predicted octanol–water partition coefficient (Wildman–Crippen LogP) is 4.37. The molecule has 0 saturated carbocycles. The Bertz CT molecular complexity index is 1230. The summed E-state index contributed by atoms with van der Waals surface area (Å²) >= 11 is 0. The SMILES string of the molecule is [C-]#[N+]c1ccc2c(n1)c(N1C[C@@H](CC)N(Cc3ccc(OC)cc3)C[C@@H]1CC)cc(=O)n2C.